The van der Waals surface area contributed by atoms with Gasteiger partial charge in [-0.05, 0) is 76.9 Å². The molecule has 2 aromatic rings. The third-order valence-corrected chi connectivity index (χ3v) is 9.34. The quantitative estimate of drug-likeness (QED) is 0.215. The summed E-state index contributed by atoms with van der Waals surface area (Å²) in [5, 5.41) is 15.6. The lowest BCUT2D eigenvalue weighted by atomic mass is 9.83. The van der Waals surface area contributed by atoms with Gasteiger partial charge in [-0.2, -0.15) is 4.98 Å². The van der Waals surface area contributed by atoms with Crippen molar-refractivity contribution >= 4 is 43.9 Å². The molecule has 4 N–H and O–H groups in total. The van der Waals surface area contributed by atoms with Crippen molar-refractivity contribution in [3.8, 4) is 5.75 Å². The first kappa shape index (κ1) is 30.9. The Morgan fingerprint density at radius 1 is 1.29 bits per heavy atom. The maximum atomic E-state index is 15.1. The minimum Gasteiger partial charge on any atom is -0.488 e. The lowest BCUT2D eigenvalue weighted by Gasteiger charge is -2.37. The summed E-state index contributed by atoms with van der Waals surface area (Å²) in [4.78, 5) is 10.3. The van der Waals surface area contributed by atoms with Crippen LogP contribution < -0.4 is 20.7 Å². The number of piperidine rings is 1. The molecule has 0 spiro atoms. The SMILES string of the molecule is CN/C=C(/Nc1nc(Nc2cc(C)c(C3CCN(C)CC3(F)F)cc2OC2CC2)ncc1Cl)C(=N)S(=O)(=O)C(C)C. The smallest absolute Gasteiger partial charge is 0.267 e. The van der Waals surface area contributed by atoms with Gasteiger partial charge in [0.25, 0.3) is 5.92 Å². The van der Waals surface area contributed by atoms with Crippen LogP contribution in [0.4, 0.5) is 26.2 Å². The van der Waals surface area contributed by atoms with Gasteiger partial charge < -0.3 is 25.6 Å². The Hall–Kier alpha value is -3.03. The van der Waals surface area contributed by atoms with E-state index in [4.69, 9.17) is 21.7 Å². The van der Waals surface area contributed by atoms with Crippen LogP contribution in [0.2, 0.25) is 5.02 Å². The molecule has 4 rings (SSSR count). The Morgan fingerprint density at radius 2 is 2.00 bits per heavy atom. The molecule has 2 heterocycles. The van der Waals surface area contributed by atoms with Crippen molar-refractivity contribution in [3.05, 3.63) is 46.4 Å². The van der Waals surface area contributed by atoms with Crippen LogP contribution in [0.1, 0.15) is 50.2 Å². The van der Waals surface area contributed by atoms with E-state index in [-0.39, 0.29) is 35.1 Å². The number of halogens is 3. The van der Waals surface area contributed by atoms with Gasteiger partial charge in [-0.1, -0.05) is 11.6 Å². The minimum absolute atomic E-state index is 0.00984. The highest BCUT2D eigenvalue weighted by molar-refractivity contribution is 8.07. The number of anilines is 3. The standard InChI is InChI=1S/C27H36ClF2N7O3S/c1-15(2)41(38,39)24(31)22(13-32-4)34-25-20(28)12-33-26(36-25)35-21-10-16(3)18(11-23(21)40-17-6-7-17)19-8-9-37(5)14-27(19,29)30/h10-13,15,17,19,31-32H,6-9,14H2,1-5H3,(H2,33,34,35,36)/b22-13+,31-24?. The highest BCUT2D eigenvalue weighted by Gasteiger charge is 2.45. The second-order valence-electron chi connectivity index (χ2n) is 10.8. The summed E-state index contributed by atoms with van der Waals surface area (Å²) >= 11 is 6.32. The van der Waals surface area contributed by atoms with E-state index in [9.17, 15) is 8.42 Å². The van der Waals surface area contributed by atoms with Gasteiger partial charge in [-0.3, -0.25) is 5.41 Å². The van der Waals surface area contributed by atoms with Gasteiger partial charge >= 0.3 is 0 Å². The van der Waals surface area contributed by atoms with Crippen molar-refractivity contribution in [1.29, 1.82) is 5.41 Å². The number of aromatic nitrogens is 2. The summed E-state index contributed by atoms with van der Waals surface area (Å²) in [7, 11) is -0.624. The maximum Gasteiger partial charge on any atom is 0.267 e. The van der Waals surface area contributed by atoms with E-state index in [1.54, 1.807) is 38.1 Å². The van der Waals surface area contributed by atoms with Crippen molar-refractivity contribution < 1.29 is 21.9 Å². The highest BCUT2D eigenvalue weighted by Crippen LogP contribution is 2.45. The first-order valence-electron chi connectivity index (χ1n) is 13.4. The van der Waals surface area contributed by atoms with Crippen LogP contribution in [0.5, 0.6) is 5.75 Å². The summed E-state index contributed by atoms with van der Waals surface area (Å²) in [6, 6.07) is 3.45. The molecular formula is C27H36ClF2N7O3S. The number of aryl methyl sites for hydroxylation is 1. The Morgan fingerprint density at radius 3 is 2.61 bits per heavy atom. The van der Waals surface area contributed by atoms with Gasteiger partial charge in [0.2, 0.25) is 5.95 Å². The lowest BCUT2D eigenvalue weighted by molar-refractivity contribution is -0.0767. The average molecular weight is 612 g/mol. The zero-order valence-electron chi connectivity index (χ0n) is 23.7. The topological polar surface area (TPSA) is 132 Å². The molecule has 14 heteroatoms. The van der Waals surface area contributed by atoms with Gasteiger partial charge in [-0.15, -0.1) is 0 Å². The molecular weight excluding hydrogens is 576 g/mol. The summed E-state index contributed by atoms with van der Waals surface area (Å²) in [6.45, 7) is 5.05. The van der Waals surface area contributed by atoms with Crippen LogP contribution in [0.25, 0.3) is 0 Å². The highest BCUT2D eigenvalue weighted by atomic mass is 35.5. The Kier molecular flexibility index (Phi) is 9.10. The molecule has 1 aromatic carbocycles. The van der Waals surface area contributed by atoms with Crippen LogP contribution in [0.15, 0.2) is 30.2 Å². The lowest BCUT2D eigenvalue weighted by Crippen LogP contribution is -2.45. The summed E-state index contributed by atoms with van der Waals surface area (Å²) < 4.78 is 61.5. The van der Waals surface area contributed by atoms with E-state index in [2.05, 4.69) is 25.9 Å². The number of nitrogens with one attached hydrogen (secondary N) is 4. The van der Waals surface area contributed by atoms with E-state index in [0.29, 0.717) is 35.5 Å². The largest absolute Gasteiger partial charge is 0.488 e. The minimum atomic E-state index is -3.89. The fraction of sp³-hybridized carbons (Fsp3) is 0.519. The Labute approximate surface area is 244 Å². The van der Waals surface area contributed by atoms with Gasteiger partial charge in [0.05, 0.1) is 41.4 Å². The summed E-state index contributed by atoms with van der Waals surface area (Å²) in [5.41, 5.74) is 1.69. The van der Waals surface area contributed by atoms with E-state index >= 15 is 8.78 Å². The molecule has 224 valence electrons. The van der Waals surface area contributed by atoms with Crippen LogP contribution in [-0.4, -0.2) is 72.8 Å². The molecule has 0 amide bonds. The molecule has 1 saturated carbocycles. The fourth-order valence-corrected chi connectivity index (χ4v) is 5.61. The van der Waals surface area contributed by atoms with Gasteiger partial charge in [-0.25, -0.2) is 22.2 Å². The molecule has 1 saturated heterocycles. The molecule has 1 atom stereocenters. The van der Waals surface area contributed by atoms with Crippen molar-refractivity contribution in [2.24, 2.45) is 0 Å². The molecule has 0 bridgehead atoms. The molecule has 1 aliphatic carbocycles. The Balaban J connectivity index is 1.65. The molecule has 0 radical (unpaired) electrons. The number of hydrogen-bond donors (Lipinski definition) is 4. The number of alkyl halides is 2. The predicted molar refractivity (Wildman–Crippen MR) is 158 cm³/mol. The summed E-state index contributed by atoms with van der Waals surface area (Å²) in [6.07, 6.45) is 4.76. The number of likely N-dealkylation sites (tertiary alicyclic amines) is 1. The maximum absolute atomic E-state index is 15.1. The van der Waals surface area contributed by atoms with E-state index in [0.717, 1.165) is 12.8 Å². The van der Waals surface area contributed by atoms with E-state index in [1.807, 2.05) is 0 Å². The first-order chi connectivity index (χ1) is 19.2. The van der Waals surface area contributed by atoms with Gasteiger partial charge in [0, 0.05) is 13.2 Å². The second-order valence-corrected chi connectivity index (χ2v) is 13.6. The number of rotatable bonds is 10. The Bertz CT molecular complexity index is 1450. The van der Waals surface area contributed by atoms with Crippen LogP contribution >= 0.6 is 11.6 Å². The zero-order chi connectivity index (χ0) is 30.1. The molecule has 2 aliphatic rings. The van der Waals surface area contributed by atoms with Crippen molar-refractivity contribution in [3.63, 3.8) is 0 Å². The van der Waals surface area contributed by atoms with Gasteiger partial charge in [0.15, 0.2) is 20.7 Å². The first-order valence-corrected chi connectivity index (χ1v) is 15.3. The van der Waals surface area contributed by atoms with Crippen molar-refractivity contribution in [2.45, 2.75) is 63.2 Å². The fourth-order valence-electron chi connectivity index (χ4n) is 4.59. The third kappa shape index (κ3) is 7.07. The predicted octanol–water partition coefficient (Wildman–Crippen LogP) is 5.05. The number of nitrogens with zero attached hydrogens (tertiary/aromatic N) is 3. The van der Waals surface area contributed by atoms with Crippen LogP contribution in [0, 0.1) is 12.3 Å². The van der Waals surface area contributed by atoms with Crippen LogP contribution in [0.3, 0.4) is 0 Å². The monoisotopic (exact) mass is 611 g/mol. The number of sulfone groups is 1. The zero-order valence-corrected chi connectivity index (χ0v) is 25.3. The molecule has 10 nitrogen and oxygen atoms in total. The van der Waals surface area contributed by atoms with E-state index < -0.39 is 32.0 Å². The molecule has 1 unspecified atom stereocenters. The van der Waals surface area contributed by atoms with Crippen LogP contribution in [-0.2, 0) is 9.84 Å². The molecule has 41 heavy (non-hydrogen) atoms. The number of hydrogen-bond acceptors (Lipinski definition) is 10. The summed E-state index contributed by atoms with van der Waals surface area (Å²) in [5.74, 6) is -3.20. The van der Waals surface area contributed by atoms with Crippen molar-refractivity contribution in [1.82, 2.24) is 20.2 Å². The molecule has 1 aliphatic heterocycles. The normalized spacial score (nSPS) is 19.6. The molecule has 2 fully saturated rings. The van der Waals surface area contributed by atoms with Crippen molar-refractivity contribution in [2.75, 3.05) is 37.8 Å². The number of benzene rings is 1. The third-order valence-electron chi connectivity index (χ3n) is 7.03. The number of ether oxygens (including phenoxy) is 1. The average Bonchev–Trinajstić information content (AvgIpc) is 3.70. The van der Waals surface area contributed by atoms with Gasteiger partial charge in [0.1, 0.15) is 10.8 Å². The van der Waals surface area contributed by atoms with E-state index in [1.165, 1.54) is 26.2 Å². The second kappa shape index (κ2) is 12.1. The molecule has 1 aromatic heterocycles.